The van der Waals surface area contributed by atoms with Crippen LogP contribution in [0.5, 0.6) is 0 Å². The van der Waals surface area contributed by atoms with E-state index in [0.717, 1.165) is 70.6 Å². The number of nitrogens with zero attached hydrogens (tertiary/aromatic N) is 1. The molecule has 3 aliphatic carbocycles. The molecular formula is C30H43NO5S. The van der Waals surface area contributed by atoms with Gasteiger partial charge in [-0.2, -0.15) is 0 Å². The van der Waals surface area contributed by atoms with E-state index in [1.165, 1.54) is 11.3 Å². The molecule has 6 nitrogen and oxygen atoms in total. The number of carbonyl (C=O) groups excluding carboxylic acids is 1. The summed E-state index contributed by atoms with van der Waals surface area (Å²) < 4.78 is 6.25. The summed E-state index contributed by atoms with van der Waals surface area (Å²) in [5.74, 6) is 5.99. The van der Waals surface area contributed by atoms with E-state index in [1.54, 1.807) is 0 Å². The molecule has 4 rings (SSSR count). The van der Waals surface area contributed by atoms with Crippen molar-refractivity contribution >= 4 is 28.9 Å². The molecule has 1 aromatic rings. The Morgan fingerprint density at radius 2 is 1.70 bits per heavy atom. The molecule has 0 unspecified atom stereocenters. The molecule has 0 saturated heterocycles. The maximum Gasteiger partial charge on any atom is 0.348 e. The van der Waals surface area contributed by atoms with Gasteiger partial charge in [0.2, 0.25) is 5.91 Å². The number of aliphatic hydroxyl groups is 1. The van der Waals surface area contributed by atoms with Gasteiger partial charge in [-0.1, -0.05) is 18.8 Å². The summed E-state index contributed by atoms with van der Waals surface area (Å²) in [7, 11) is 0. The topological polar surface area (TPSA) is 87.1 Å². The SMILES string of the molecule is CC(C)(C)C#Cc1cc(N(C(=O)[C@H]2CC[C@H](C)CC2)[C@H]2CC[C@H](O[C@H]3CCC[C@H]3O)CC2)c(C(=O)O)s1. The molecule has 2 N–H and O–H groups in total. The van der Waals surface area contributed by atoms with Crippen LogP contribution in [-0.4, -0.2) is 46.4 Å². The number of rotatable bonds is 6. The minimum Gasteiger partial charge on any atom is -0.477 e. The normalized spacial score (nSPS) is 30.4. The van der Waals surface area contributed by atoms with Crippen LogP contribution in [0.3, 0.4) is 0 Å². The number of carbonyl (C=O) groups is 2. The average Bonchev–Trinajstić information content (AvgIpc) is 3.45. The minimum atomic E-state index is -1.01. The maximum atomic E-state index is 14.0. The molecule has 0 radical (unpaired) electrons. The third kappa shape index (κ3) is 7.16. The number of ether oxygens (including phenoxy) is 1. The highest BCUT2D eigenvalue weighted by atomic mass is 32.1. The van der Waals surface area contributed by atoms with E-state index in [4.69, 9.17) is 4.74 Å². The van der Waals surface area contributed by atoms with E-state index in [-0.39, 0.29) is 46.5 Å². The molecule has 1 aromatic heterocycles. The first-order chi connectivity index (χ1) is 17.5. The number of aromatic carboxylic acids is 1. The number of amides is 1. The lowest BCUT2D eigenvalue weighted by Crippen LogP contribution is -2.47. The number of anilines is 1. The molecule has 2 atom stereocenters. The van der Waals surface area contributed by atoms with Crippen molar-refractivity contribution in [2.24, 2.45) is 17.3 Å². The quantitative estimate of drug-likeness (QED) is 0.426. The summed E-state index contributed by atoms with van der Waals surface area (Å²) in [4.78, 5) is 29.1. The molecule has 204 valence electrons. The van der Waals surface area contributed by atoms with Gasteiger partial charge in [0.1, 0.15) is 4.88 Å². The fourth-order valence-corrected chi connectivity index (χ4v) is 6.82. The van der Waals surface area contributed by atoms with Gasteiger partial charge in [0.15, 0.2) is 0 Å². The Balaban J connectivity index is 1.59. The Kier molecular flexibility index (Phi) is 9.04. The van der Waals surface area contributed by atoms with E-state index in [2.05, 4.69) is 18.8 Å². The third-order valence-corrected chi connectivity index (χ3v) is 9.15. The number of carboxylic acid groups (broad SMARTS) is 1. The van der Waals surface area contributed by atoms with Crippen LogP contribution in [0.25, 0.3) is 0 Å². The van der Waals surface area contributed by atoms with Gasteiger partial charge in [-0.25, -0.2) is 4.79 Å². The second kappa shape index (κ2) is 11.9. The Hall–Kier alpha value is -1.88. The smallest absolute Gasteiger partial charge is 0.348 e. The fourth-order valence-electron chi connectivity index (χ4n) is 5.98. The fraction of sp³-hybridized carbons (Fsp3) is 0.733. The number of hydrogen-bond acceptors (Lipinski definition) is 5. The summed E-state index contributed by atoms with van der Waals surface area (Å²) in [5, 5.41) is 20.3. The summed E-state index contributed by atoms with van der Waals surface area (Å²) in [5.41, 5.74) is 0.308. The molecule has 37 heavy (non-hydrogen) atoms. The molecule has 1 heterocycles. The predicted octanol–water partition coefficient (Wildman–Crippen LogP) is 6.24. The van der Waals surface area contributed by atoms with Crippen molar-refractivity contribution in [1.82, 2.24) is 0 Å². The molecule has 3 fully saturated rings. The van der Waals surface area contributed by atoms with Crippen molar-refractivity contribution in [2.45, 2.75) is 123 Å². The molecule has 7 heteroatoms. The molecule has 3 aliphatic rings. The summed E-state index contributed by atoms with van der Waals surface area (Å²) >= 11 is 1.17. The molecule has 0 spiro atoms. The van der Waals surface area contributed by atoms with Crippen molar-refractivity contribution in [3.05, 3.63) is 15.8 Å². The standard InChI is InChI=1S/C30H43NO5S/c1-19-8-10-20(11-9-19)28(33)31(21-12-14-22(15-13-21)36-26-7-5-6-25(26)32)24-18-23(16-17-30(2,3)4)37-27(24)29(34)35/h18-22,25-26,32H,5-15H2,1-4H3,(H,34,35)/t19-,20-,21-,22-,25-,26+/m1/s1. The van der Waals surface area contributed by atoms with Gasteiger partial charge in [-0.05, 0) is 103 Å². The van der Waals surface area contributed by atoms with Crippen LogP contribution >= 0.6 is 11.3 Å². The molecule has 0 bridgehead atoms. The summed E-state index contributed by atoms with van der Waals surface area (Å²) in [6, 6.07) is 1.77. The first kappa shape index (κ1) is 28.1. The second-order valence-corrected chi connectivity index (χ2v) is 13.5. The second-order valence-electron chi connectivity index (χ2n) is 12.4. The first-order valence-electron chi connectivity index (χ1n) is 14.1. The highest BCUT2D eigenvalue weighted by Crippen LogP contribution is 2.39. The number of hydrogen-bond donors (Lipinski definition) is 2. The monoisotopic (exact) mass is 529 g/mol. The van der Waals surface area contributed by atoms with E-state index in [1.807, 2.05) is 31.7 Å². The van der Waals surface area contributed by atoms with Crippen LogP contribution in [0.2, 0.25) is 0 Å². The van der Waals surface area contributed by atoms with Gasteiger partial charge in [0, 0.05) is 17.4 Å². The van der Waals surface area contributed by atoms with Crippen LogP contribution in [0, 0.1) is 29.1 Å². The number of carboxylic acids is 1. The van der Waals surface area contributed by atoms with E-state index in [0.29, 0.717) is 16.5 Å². The maximum absolute atomic E-state index is 14.0. The van der Waals surface area contributed by atoms with Gasteiger partial charge < -0.3 is 19.8 Å². The Morgan fingerprint density at radius 3 is 2.27 bits per heavy atom. The van der Waals surface area contributed by atoms with Crippen LogP contribution < -0.4 is 4.90 Å². The highest BCUT2D eigenvalue weighted by molar-refractivity contribution is 7.15. The van der Waals surface area contributed by atoms with Gasteiger partial charge in [0.25, 0.3) is 0 Å². The Labute approximate surface area is 225 Å². The minimum absolute atomic E-state index is 0.0590. The van der Waals surface area contributed by atoms with E-state index < -0.39 is 5.97 Å². The third-order valence-electron chi connectivity index (χ3n) is 8.12. The van der Waals surface area contributed by atoms with Crippen LogP contribution in [0.4, 0.5) is 5.69 Å². The summed E-state index contributed by atoms with van der Waals surface area (Å²) in [6.45, 7) is 8.31. The van der Waals surface area contributed by atoms with Crippen molar-refractivity contribution in [3.8, 4) is 11.8 Å². The Morgan fingerprint density at radius 1 is 1.03 bits per heavy atom. The average molecular weight is 530 g/mol. The van der Waals surface area contributed by atoms with Gasteiger partial charge >= 0.3 is 5.97 Å². The lowest BCUT2D eigenvalue weighted by molar-refractivity contribution is -0.124. The van der Waals surface area contributed by atoms with Crippen molar-refractivity contribution in [1.29, 1.82) is 0 Å². The highest BCUT2D eigenvalue weighted by Gasteiger charge is 2.38. The zero-order chi connectivity index (χ0) is 26.7. The van der Waals surface area contributed by atoms with Gasteiger partial charge in [-0.3, -0.25) is 4.79 Å². The van der Waals surface area contributed by atoms with Gasteiger partial charge in [0.05, 0.1) is 28.9 Å². The number of thiophene rings is 1. The van der Waals surface area contributed by atoms with Crippen molar-refractivity contribution in [2.75, 3.05) is 4.90 Å². The number of aliphatic hydroxyl groups excluding tert-OH is 1. The zero-order valence-corrected chi connectivity index (χ0v) is 23.6. The molecule has 1 amide bonds. The van der Waals surface area contributed by atoms with Crippen LogP contribution in [-0.2, 0) is 9.53 Å². The van der Waals surface area contributed by atoms with Crippen molar-refractivity contribution < 1.29 is 24.5 Å². The van der Waals surface area contributed by atoms with E-state index >= 15 is 0 Å². The van der Waals surface area contributed by atoms with Crippen LogP contribution in [0.1, 0.15) is 113 Å². The largest absolute Gasteiger partial charge is 0.477 e. The van der Waals surface area contributed by atoms with Gasteiger partial charge in [-0.15, -0.1) is 11.3 Å². The molecule has 0 aliphatic heterocycles. The van der Waals surface area contributed by atoms with Crippen LogP contribution in [0.15, 0.2) is 6.07 Å². The first-order valence-corrected chi connectivity index (χ1v) is 14.9. The summed E-state index contributed by atoms with van der Waals surface area (Å²) in [6.07, 6.45) is 9.26. The zero-order valence-electron chi connectivity index (χ0n) is 22.8. The lowest BCUT2D eigenvalue weighted by Gasteiger charge is -2.40. The molecule has 0 aromatic carbocycles. The van der Waals surface area contributed by atoms with Crippen molar-refractivity contribution in [3.63, 3.8) is 0 Å². The lowest BCUT2D eigenvalue weighted by atomic mass is 9.81. The molecule has 3 saturated carbocycles. The van der Waals surface area contributed by atoms with E-state index in [9.17, 15) is 19.8 Å². The Bertz CT molecular complexity index is 1010. The molecular weight excluding hydrogens is 486 g/mol. The predicted molar refractivity (Wildman–Crippen MR) is 147 cm³/mol.